The zero-order valence-corrected chi connectivity index (χ0v) is 10.1. The summed E-state index contributed by atoms with van der Waals surface area (Å²) in [7, 11) is 0. The highest BCUT2D eigenvalue weighted by molar-refractivity contribution is 5.92. The van der Waals surface area contributed by atoms with Gasteiger partial charge in [0.1, 0.15) is 11.6 Å². The summed E-state index contributed by atoms with van der Waals surface area (Å²) >= 11 is 0. The largest absolute Gasteiger partial charge is 0.390 e. The van der Waals surface area contributed by atoms with Crippen molar-refractivity contribution in [2.75, 3.05) is 13.1 Å². The molecule has 0 unspecified atom stereocenters. The van der Waals surface area contributed by atoms with E-state index in [0.29, 0.717) is 13.1 Å². The number of nitrogens with one attached hydrogen (secondary N) is 2. The van der Waals surface area contributed by atoms with Gasteiger partial charge in [-0.15, -0.1) is 0 Å². The lowest BCUT2D eigenvalue weighted by Crippen LogP contribution is -2.41. The summed E-state index contributed by atoms with van der Waals surface area (Å²) in [5.74, 6) is -1.96. The van der Waals surface area contributed by atoms with Gasteiger partial charge < -0.3 is 15.7 Å². The lowest BCUT2D eigenvalue weighted by Gasteiger charge is -2.13. The van der Waals surface area contributed by atoms with E-state index in [1.165, 1.54) is 6.07 Å². The van der Waals surface area contributed by atoms with Crippen molar-refractivity contribution in [3.8, 4) is 0 Å². The first-order valence-corrected chi connectivity index (χ1v) is 5.89. The molecule has 6 heteroatoms. The Balaban J connectivity index is 2.00. The number of carbonyl (C=O) groups is 1. The monoisotopic (exact) mass is 268 g/mol. The summed E-state index contributed by atoms with van der Waals surface area (Å²) < 4.78 is 26.6. The highest BCUT2D eigenvalue weighted by Crippen LogP contribution is 2.13. The Bertz CT molecular complexity index is 485. The normalized spacial score (nSPS) is 22.9. The molecule has 0 aliphatic carbocycles. The van der Waals surface area contributed by atoms with Crippen LogP contribution < -0.4 is 10.6 Å². The van der Waals surface area contributed by atoms with Gasteiger partial charge in [-0.3, -0.25) is 4.79 Å². The molecule has 102 valence electrons. The van der Waals surface area contributed by atoms with Crippen molar-refractivity contribution < 1.29 is 18.7 Å². The van der Waals surface area contributed by atoms with E-state index in [1.54, 1.807) is 0 Å². The van der Waals surface area contributed by atoms with Crippen LogP contribution in [-0.2, 0) is 4.79 Å². The van der Waals surface area contributed by atoms with E-state index in [-0.39, 0.29) is 11.6 Å². The molecule has 1 saturated heterocycles. The fourth-order valence-electron chi connectivity index (χ4n) is 1.87. The molecule has 1 fully saturated rings. The molecular weight excluding hydrogens is 254 g/mol. The van der Waals surface area contributed by atoms with E-state index < -0.39 is 23.6 Å². The Kier molecular flexibility index (Phi) is 4.24. The second kappa shape index (κ2) is 5.90. The van der Waals surface area contributed by atoms with Crippen LogP contribution in [0.4, 0.5) is 8.78 Å². The molecule has 1 aromatic rings. The standard InChI is InChI=1S/C13H14F2N2O2/c14-9-2-1-3-10(15)8(9)4-5-13(19)17-11-6-16-7-12(11)18/h1-5,11-12,16,18H,6-7H2,(H,17,19)/b5-4+/t11-,12+/m0/s1. The molecule has 3 N–H and O–H groups in total. The first kappa shape index (κ1) is 13.6. The van der Waals surface area contributed by atoms with Crippen molar-refractivity contribution in [1.29, 1.82) is 0 Å². The molecule has 2 rings (SSSR count). The van der Waals surface area contributed by atoms with Crippen molar-refractivity contribution in [2.24, 2.45) is 0 Å². The van der Waals surface area contributed by atoms with Gasteiger partial charge >= 0.3 is 0 Å². The van der Waals surface area contributed by atoms with Crippen molar-refractivity contribution in [3.05, 3.63) is 41.5 Å². The van der Waals surface area contributed by atoms with Crippen LogP contribution in [0.1, 0.15) is 5.56 Å². The van der Waals surface area contributed by atoms with Crippen LogP contribution in [0.15, 0.2) is 24.3 Å². The number of aliphatic hydroxyl groups excluding tert-OH is 1. The van der Waals surface area contributed by atoms with E-state index in [1.807, 2.05) is 0 Å². The summed E-state index contributed by atoms with van der Waals surface area (Å²) in [4.78, 5) is 11.6. The molecular formula is C13H14F2N2O2. The molecule has 1 aliphatic heterocycles. The number of hydrogen-bond donors (Lipinski definition) is 3. The third-order valence-electron chi connectivity index (χ3n) is 2.91. The molecule has 1 amide bonds. The second-order valence-corrected chi connectivity index (χ2v) is 4.31. The van der Waals surface area contributed by atoms with Crippen molar-refractivity contribution >= 4 is 12.0 Å². The molecule has 19 heavy (non-hydrogen) atoms. The van der Waals surface area contributed by atoms with Crippen LogP contribution in [0.2, 0.25) is 0 Å². The lowest BCUT2D eigenvalue weighted by molar-refractivity contribution is -0.117. The van der Waals surface area contributed by atoms with E-state index >= 15 is 0 Å². The molecule has 1 heterocycles. The Morgan fingerprint density at radius 1 is 1.37 bits per heavy atom. The number of carbonyl (C=O) groups excluding carboxylic acids is 1. The lowest BCUT2D eigenvalue weighted by atomic mass is 10.1. The first-order chi connectivity index (χ1) is 9.08. The predicted octanol–water partition coefficient (Wildman–Crippen LogP) is 0.427. The molecule has 0 bridgehead atoms. The van der Waals surface area contributed by atoms with E-state index in [4.69, 9.17) is 0 Å². The maximum Gasteiger partial charge on any atom is 0.244 e. The van der Waals surface area contributed by atoms with Gasteiger partial charge in [-0.25, -0.2) is 8.78 Å². The summed E-state index contributed by atoms with van der Waals surface area (Å²) in [6.07, 6.45) is 1.48. The minimum atomic E-state index is -0.730. The van der Waals surface area contributed by atoms with Gasteiger partial charge in [0.15, 0.2) is 0 Å². The van der Waals surface area contributed by atoms with E-state index in [0.717, 1.165) is 24.3 Å². The average molecular weight is 268 g/mol. The molecule has 0 aromatic heterocycles. The average Bonchev–Trinajstić information content (AvgIpc) is 2.74. The van der Waals surface area contributed by atoms with Crippen LogP contribution in [0.5, 0.6) is 0 Å². The maximum atomic E-state index is 13.3. The molecule has 0 radical (unpaired) electrons. The van der Waals surface area contributed by atoms with E-state index in [9.17, 15) is 18.7 Å². The minimum Gasteiger partial charge on any atom is -0.390 e. The molecule has 4 nitrogen and oxygen atoms in total. The highest BCUT2D eigenvalue weighted by atomic mass is 19.1. The number of benzene rings is 1. The zero-order chi connectivity index (χ0) is 13.8. The molecule has 1 aliphatic rings. The van der Waals surface area contributed by atoms with Crippen LogP contribution in [-0.4, -0.2) is 36.2 Å². The van der Waals surface area contributed by atoms with Gasteiger partial charge in [0.05, 0.1) is 12.1 Å². The summed E-state index contributed by atoms with van der Waals surface area (Å²) in [5.41, 5.74) is -0.261. The Morgan fingerprint density at radius 3 is 2.63 bits per heavy atom. The fraction of sp³-hybridized carbons (Fsp3) is 0.308. The van der Waals surface area contributed by atoms with Gasteiger partial charge in [0.25, 0.3) is 0 Å². The second-order valence-electron chi connectivity index (χ2n) is 4.31. The van der Waals surface area contributed by atoms with Crippen molar-refractivity contribution in [3.63, 3.8) is 0 Å². The number of halogens is 2. The number of rotatable bonds is 3. The minimum absolute atomic E-state index is 0.261. The van der Waals surface area contributed by atoms with Gasteiger partial charge in [-0.2, -0.15) is 0 Å². The summed E-state index contributed by atoms with van der Waals surface area (Å²) in [5, 5.41) is 15.0. The Morgan fingerprint density at radius 2 is 2.05 bits per heavy atom. The third kappa shape index (κ3) is 3.36. The molecule has 0 saturated carbocycles. The number of hydrogen-bond acceptors (Lipinski definition) is 3. The van der Waals surface area contributed by atoms with E-state index in [2.05, 4.69) is 10.6 Å². The van der Waals surface area contributed by atoms with Crippen molar-refractivity contribution in [1.82, 2.24) is 10.6 Å². The topological polar surface area (TPSA) is 61.4 Å². The van der Waals surface area contributed by atoms with Crippen molar-refractivity contribution in [2.45, 2.75) is 12.1 Å². The van der Waals surface area contributed by atoms with Crippen LogP contribution in [0.25, 0.3) is 6.08 Å². The summed E-state index contributed by atoms with van der Waals surface area (Å²) in [6, 6.07) is 3.10. The third-order valence-corrected chi connectivity index (χ3v) is 2.91. The SMILES string of the molecule is O=C(/C=C/c1c(F)cccc1F)N[C@H]1CNC[C@H]1O. The maximum absolute atomic E-state index is 13.3. The quantitative estimate of drug-likeness (QED) is 0.697. The Labute approximate surface area is 109 Å². The van der Waals surface area contributed by atoms with Crippen LogP contribution in [0, 0.1) is 11.6 Å². The molecule has 2 atom stereocenters. The Hall–Kier alpha value is -1.79. The van der Waals surface area contributed by atoms with Gasteiger partial charge in [0.2, 0.25) is 5.91 Å². The van der Waals surface area contributed by atoms with Gasteiger partial charge in [-0.05, 0) is 18.2 Å². The smallest absolute Gasteiger partial charge is 0.244 e. The summed E-state index contributed by atoms with van der Waals surface area (Å²) in [6.45, 7) is 0.880. The highest BCUT2D eigenvalue weighted by Gasteiger charge is 2.25. The first-order valence-electron chi connectivity index (χ1n) is 5.89. The van der Waals surface area contributed by atoms with Crippen LogP contribution >= 0.6 is 0 Å². The number of aliphatic hydroxyl groups is 1. The fourth-order valence-corrected chi connectivity index (χ4v) is 1.87. The predicted molar refractivity (Wildman–Crippen MR) is 66.2 cm³/mol. The van der Waals surface area contributed by atoms with Crippen LogP contribution in [0.3, 0.4) is 0 Å². The zero-order valence-electron chi connectivity index (χ0n) is 10.1. The number of amides is 1. The molecule has 1 aromatic carbocycles. The van der Waals surface area contributed by atoms with Gasteiger partial charge in [0, 0.05) is 24.7 Å². The number of β-amino-alcohol motifs (C(OH)–C–C–N with tert-alkyl or cyclic N) is 1. The van der Waals surface area contributed by atoms with Gasteiger partial charge in [-0.1, -0.05) is 6.07 Å². The molecule has 0 spiro atoms.